The molecule has 2 heterocycles. The standard InChI is InChI=1S/C15H15F3N2O4S/c1-10-19-14(8-23-10)11-2-4-13(5-3-11)25(21,22)20-6-12(7-20)24-9-15(16,17)18/h2-5,8,12H,6-7,9H2,1H3. The van der Waals surface area contributed by atoms with Gasteiger partial charge in [0.2, 0.25) is 10.0 Å². The van der Waals surface area contributed by atoms with E-state index in [-0.39, 0.29) is 18.0 Å². The van der Waals surface area contributed by atoms with Gasteiger partial charge in [-0.3, -0.25) is 0 Å². The van der Waals surface area contributed by atoms with Gasteiger partial charge in [-0.2, -0.15) is 17.5 Å². The molecule has 1 aliphatic heterocycles. The Morgan fingerprint density at radius 2 is 1.92 bits per heavy atom. The molecule has 0 spiro atoms. The van der Waals surface area contributed by atoms with Gasteiger partial charge in [-0.1, -0.05) is 12.1 Å². The highest BCUT2D eigenvalue weighted by molar-refractivity contribution is 7.89. The van der Waals surface area contributed by atoms with Crippen LogP contribution in [0.5, 0.6) is 0 Å². The molecule has 136 valence electrons. The fraction of sp³-hybridized carbons (Fsp3) is 0.400. The average Bonchev–Trinajstić information content (AvgIpc) is 2.91. The Balaban J connectivity index is 1.64. The molecule has 0 radical (unpaired) electrons. The number of oxazole rings is 1. The largest absolute Gasteiger partial charge is 0.449 e. The predicted octanol–water partition coefficient (Wildman–Crippen LogP) is 2.60. The maximum absolute atomic E-state index is 12.4. The summed E-state index contributed by atoms with van der Waals surface area (Å²) in [6.07, 6.45) is -3.69. The second-order valence-corrected chi connectivity index (χ2v) is 7.58. The summed E-state index contributed by atoms with van der Waals surface area (Å²) in [4.78, 5) is 4.21. The van der Waals surface area contributed by atoms with E-state index in [0.717, 1.165) is 4.31 Å². The number of alkyl halides is 3. The predicted molar refractivity (Wildman–Crippen MR) is 81.2 cm³/mol. The van der Waals surface area contributed by atoms with Crippen molar-refractivity contribution in [3.63, 3.8) is 0 Å². The third-order valence-corrected chi connectivity index (χ3v) is 5.55. The second-order valence-electron chi connectivity index (χ2n) is 5.65. The highest BCUT2D eigenvalue weighted by atomic mass is 32.2. The number of sulfonamides is 1. The van der Waals surface area contributed by atoms with Crippen LogP contribution in [0.1, 0.15) is 5.89 Å². The summed E-state index contributed by atoms with van der Waals surface area (Å²) >= 11 is 0. The molecule has 2 aromatic rings. The number of nitrogens with zero attached hydrogens (tertiary/aromatic N) is 2. The number of ether oxygens (including phenoxy) is 1. The number of aryl methyl sites for hydroxylation is 1. The van der Waals surface area contributed by atoms with Gasteiger partial charge in [0.15, 0.2) is 5.89 Å². The van der Waals surface area contributed by atoms with Gasteiger partial charge in [-0.05, 0) is 12.1 Å². The van der Waals surface area contributed by atoms with Crippen LogP contribution in [0.3, 0.4) is 0 Å². The monoisotopic (exact) mass is 376 g/mol. The van der Waals surface area contributed by atoms with E-state index in [1.165, 1.54) is 18.4 Å². The summed E-state index contributed by atoms with van der Waals surface area (Å²) in [5.41, 5.74) is 1.29. The van der Waals surface area contributed by atoms with Crippen LogP contribution in [0, 0.1) is 6.92 Å². The molecule has 0 amide bonds. The van der Waals surface area contributed by atoms with Gasteiger partial charge < -0.3 is 9.15 Å². The fourth-order valence-electron chi connectivity index (χ4n) is 2.36. The van der Waals surface area contributed by atoms with Crippen LogP contribution in [0.25, 0.3) is 11.3 Å². The number of hydrogen-bond acceptors (Lipinski definition) is 5. The summed E-state index contributed by atoms with van der Waals surface area (Å²) < 4.78 is 71.9. The molecule has 1 aliphatic rings. The van der Waals surface area contributed by atoms with Gasteiger partial charge in [0.1, 0.15) is 18.6 Å². The van der Waals surface area contributed by atoms with Crippen molar-refractivity contribution in [2.45, 2.75) is 24.1 Å². The van der Waals surface area contributed by atoms with E-state index in [2.05, 4.69) is 9.72 Å². The van der Waals surface area contributed by atoms with Crippen molar-refractivity contribution >= 4 is 10.0 Å². The molecule has 10 heteroatoms. The van der Waals surface area contributed by atoms with Crippen LogP contribution >= 0.6 is 0 Å². The minimum atomic E-state index is -4.42. The Hall–Kier alpha value is -1.91. The Labute approximate surface area is 142 Å². The number of benzene rings is 1. The molecule has 6 nitrogen and oxygen atoms in total. The lowest BCUT2D eigenvalue weighted by molar-refractivity contribution is -0.194. The first kappa shape index (κ1) is 17.9. The lowest BCUT2D eigenvalue weighted by Crippen LogP contribution is -2.55. The third-order valence-electron chi connectivity index (χ3n) is 3.70. The minimum absolute atomic E-state index is 0.0609. The fourth-order valence-corrected chi connectivity index (χ4v) is 3.86. The molecule has 0 saturated carbocycles. The Morgan fingerprint density at radius 1 is 1.28 bits per heavy atom. The zero-order valence-corrected chi connectivity index (χ0v) is 14.0. The first-order valence-corrected chi connectivity index (χ1v) is 8.80. The van der Waals surface area contributed by atoms with Gasteiger partial charge in [-0.15, -0.1) is 0 Å². The molecule has 0 bridgehead atoms. The Kier molecular flexibility index (Phi) is 4.60. The van der Waals surface area contributed by atoms with Crippen molar-refractivity contribution in [2.75, 3.05) is 19.7 Å². The van der Waals surface area contributed by atoms with Gasteiger partial charge in [0, 0.05) is 25.6 Å². The quantitative estimate of drug-likeness (QED) is 0.802. The molecule has 0 unspecified atom stereocenters. The summed E-state index contributed by atoms with van der Waals surface area (Å²) in [6, 6.07) is 6.06. The van der Waals surface area contributed by atoms with E-state index in [9.17, 15) is 21.6 Å². The van der Waals surface area contributed by atoms with Crippen LogP contribution in [-0.2, 0) is 14.8 Å². The molecule has 3 rings (SSSR count). The summed E-state index contributed by atoms with van der Waals surface area (Å²) in [5.74, 6) is 0.497. The summed E-state index contributed by atoms with van der Waals surface area (Å²) in [5, 5.41) is 0. The molecule has 1 aromatic heterocycles. The third kappa shape index (κ3) is 4.02. The SMILES string of the molecule is Cc1nc(-c2ccc(S(=O)(=O)N3CC(OCC(F)(F)F)C3)cc2)co1. The van der Waals surface area contributed by atoms with Gasteiger partial charge >= 0.3 is 6.18 Å². The summed E-state index contributed by atoms with van der Waals surface area (Å²) in [6.45, 7) is 0.131. The Morgan fingerprint density at radius 3 is 2.44 bits per heavy atom. The van der Waals surface area contributed by atoms with E-state index >= 15 is 0 Å². The molecule has 0 aliphatic carbocycles. The molecule has 1 fully saturated rings. The highest BCUT2D eigenvalue weighted by Gasteiger charge is 2.39. The van der Waals surface area contributed by atoms with Crippen LogP contribution < -0.4 is 0 Å². The van der Waals surface area contributed by atoms with Crippen LogP contribution in [0.2, 0.25) is 0 Å². The summed E-state index contributed by atoms with van der Waals surface area (Å²) in [7, 11) is -3.75. The van der Waals surface area contributed by atoms with E-state index < -0.39 is 28.9 Å². The van der Waals surface area contributed by atoms with E-state index in [1.54, 1.807) is 19.1 Å². The van der Waals surface area contributed by atoms with Crippen molar-refractivity contribution in [1.29, 1.82) is 0 Å². The smallest absolute Gasteiger partial charge is 0.411 e. The maximum atomic E-state index is 12.4. The molecule has 0 N–H and O–H groups in total. The molecule has 1 saturated heterocycles. The van der Waals surface area contributed by atoms with Crippen molar-refractivity contribution in [3.05, 3.63) is 36.4 Å². The van der Waals surface area contributed by atoms with Crippen LogP contribution in [0.4, 0.5) is 13.2 Å². The van der Waals surface area contributed by atoms with Gasteiger partial charge in [0.05, 0.1) is 11.0 Å². The second kappa shape index (κ2) is 6.43. The topological polar surface area (TPSA) is 72.6 Å². The zero-order valence-electron chi connectivity index (χ0n) is 13.2. The Bertz CT molecular complexity index is 840. The highest BCUT2D eigenvalue weighted by Crippen LogP contribution is 2.27. The zero-order chi connectivity index (χ0) is 18.2. The minimum Gasteiger partial charge on any atom is -0.449 e. The van der Waals surface area contributed by atoms with Crippen molar-refractivity contribution in [1.82, 2.24) is 9.29 Å². The van der Waals surface area contributed by atoms with Crippen molar-refractivity contribution in [2.24, 2.45) is 0 Å². The number of hydrogen-bond donors (Lipinski definition) is 0. The van der Waals surface area contributed by atoms with Crippen LogP contribution in [0.15, 0.2) is 39.8 Å². The lowest BCUT2D eigenvalue weighted by atomic mass is 10.2. The first-order valence-electron chi connectivity index (χ1n) is 7.36. The van der Waals surface area contributed by atoms with E-state index in [1.807, 2.05) is 0 Å². The van der Waals surface area contributed by atoms with E-state index in [4.69, 9.17) is 4.42 Å². The molecule has 25 heavy (non-hydrogen) atoms. The molecule has 1 aromatic carbocycles. The number of halogens is 3. The number of rotatable bonds is 5. The van der Waals surface area contributed by atoms with Gasteiger partial charge in [0.25, 0.3) is 0 Å². The number of aromatic nitrogens is 1. The maximum Gasteiger partial charge on any atom is 0.411 e. The normalized spacial score (nSPS) is 16.8. The van der Waals surface area contributed by atoms with Crippen molar-refractivity contribution in [3.8, 4) is 11.3 Å². The van der Waals surface area contributed by atoms with Crippen LogP contribution in [-0.4, -0.2) is 49.7 Å². The first-order chi connectivity index (χ1) is 11.6. The van der Waals surface area contributed by atoms with E-state index in [0.29, 0.717) is 17.1 Å². The van der Waals surface area contributed by atoms with Crippen molar-refractivity contribution < 1.29 is 30.7 Å². The average molecular weight is 376 g/mol. The molecular weight excluding hydrogens is 361 g/mol. The molecule has 0 atom stereocenters. The molecular formula is C15H15F3N2O4S. The van der Waals surface area contributed by atoms with Gasteiger partial charge in [-0.25, -0.2) is 13.4 Å². The lowest BCUT2D eigenvalue weighted by Gasteiger charge is -2.37.